The molecular formula is C12H16N2O3. The second kappa shape index (κ2) is 4.71. The number of hydrogen-bond acceptors (Lipinski definition) is 4. The van der Waals surface area contributed by atoms with Crippen LogP contribution in [0.25, 0.3) is 0 Å². The van der Waals surface area contributed by atoms with Gasteiger partial charge in [-0.15, -0.1) is 0 Å². The van der Waals surface area contributed by atoms with Crippen LogP contribution in [0.4, 0.5) is 5.82 Å². The highest BCUT2D eigenvalue weighted by Crippen LogP contribution is 2.27. The molecule has 5 heteroatoms. The van der Waals surface area contributed by atoms with Gasteiger partial charge in [0.1, 0.15) is 11.4 Å². The van der Waals surface area contributed by atoms with Crippen LogP contribution in [0.3, 0.4) is 0 Å². The first-order valence-electron chi connectivity index (χ1n) is 5.56. The number of aromatic carboxylic acids is 1. The second-order valence-corrected chi connectivity index (χ2v) is 4.36. The summed E-state index contributed by atoms with van der Waals surface area (Å²) in [4.78, 5) is 17.4. The lowest BCUT2D eigenvalue weighted by atomic mass is 9.99. The minimum atomic E-state index is -0.916. The first-order valence-corrected chi connectivity index (χ1v) is 5.56. The average Bonchev–Trinajstić information content (AvgIpc) is 2.21. The maximum atomic E-state index is 11.2. The molecule has 1 aromatic rings. The molecule has 0 aromatic carbocycles. The van der Waals surface area contributed by atoms with Crippen LogP contribution in [0.15, 0.2) is 12.3 Å². The molecule has 0 radical (unpaired) electrons. The number of carboxylic acid groups (broad SMARTS) is 1. The summed E-state index contributed by atoms with van der Waals surface area (Å²) >= 11 is 0. The molecule has 0 aliphatic carbocycles. The van der Waals surface area contributed by atoms with Crippen LogP contribution in [-0.2, 0) is 4.74 Å². The van der Waals surface area contributed by atoms with Crippen LogP contribution < -0.4 is 4.90 Å². The number of aromatic nitrogens is 1. The molecule has 0 saturated carbocycles. The Kier molecular flexibility index (Phi) is 3.28. The number of rotatable bonds is 4. The molecule has 0 unspecified atom stereocenters. The maximum Gasteiger partial charge on any atom is 0.339 e. The van der Waals surface area contributed by atoms with Gasteiger partial charge in [0.05, 0.1) is 6.61 Å². The van der Waals surface area contributed by atoms with Gasteiger partial charge in [-0.2, -0.15) is 0 Å². The van der Waals surface area contributed by atoms with E-state index in [4.69, 9.17) is 4.74 Å². The third-order valence-corrected chi connectivity index (χ3v) is 3.01. The van der Waals surface area contributed by atoms with E-state index in [2.05, 4.69) is 4.98 Å². The predicted molar refractivity (Wildman–Crippen MR) is 63.5 cm³/mol. The summed E-state index contributed by atoms with van der Waals surface area (Å²) in [6.07, 6.45) is 1.65. The molecule has 0 spiro atoms. The summed E-state index contributed by atoms with van der Waals surface area (Å²) in [6.45, 7) is 4.13. The largest absolute Gasteiger partial charge is 0.478 e. The lowest BCUT2D eigenvalue weighted by molar-refractivity contribution is 0.0695. The van der Waals surface area contributed by atoms with Crippen molar-refractivity contribution in [2.24, 2.45) is 5.92 Å². The Morgan fingerprint density at radius 2 is 2.35 bits per heavy atom. The number of carbonyl (C=O) groups is 1. The maximum absolute atomic E-state index is 11.2. The van der Waals surface area contributed by atoms with E-state index in [0.29, 0.717) is 23.9 Å². The van der Waals surface area contributed by atoms with Gasteiger partial charge in [0, 0.05) is 32.3 Å². The lowest BCUT2D eigenvalue weighted by Crippen LogP contribution is -2.49. The van der Waals surface area contributed by atoms with Crippen molar-refractivity contribution in [1.29, 1.82) is 0 Å². The van der Waals surface area contributed by atoms with Gasteiger partial charge in [0.25, 0.3) is 0 Å². The van der Waals surface area contributed by atoms with Crippen molar-refractivity contribution in [3.8, 4) is 0 Å². The van der Waals surface area contributed by atoms with Gasteiger partial charge >= 0.3 is 5.97 Å². The van der Waals surface area contributed by atoms with Gasteiger partial charge in [-0.3, -0.25) is 0 Å². The topological polar surface area (TPSA) is 62.7 Å². The van der Waals surface area contributed by atoms with Crippen molar-refractivity contribution in [1.82, 2.24) is 4.98 Å². The van der Waals surface area contributed by atoms with E-state index < -0.39 is 5.97 Å². The van der Waals surface area contributed by atoms with Gasteiger partial charge in [-0.25, -0.2) is 9.78 Å². The van der Waals surface area contributed by atoms with Crippen LogP contribution in [0.2, 0.25) is 0 Å². The van der Waals surface area contributed by atoms with Gasteiger partial charge in [-0.05, 0) is 18.6 Å². The molecular weight excluding hydrogens is 220 g/mol. The van der Waals surface area contributed by atoms with E-state index >= 15 is 0 Å². The fourth-order valence-corrected chi connectivity index (χ4v) is 2.13. The molecule has 92 valence electrons. The van der Waals surface area contributed by atoms with E-state index in [1.54, 1.807) is 26.3 Å². The zero-order chi connectivity index (χ0) is 12.4. The number of methoxy groups -OCH3 is 1. The summed E-state index contributed by atoms with van der Waals surface area (Å²) in [6, 6.07) is 1.72. The Bertz CT molecular complexity index is 428. The van der Waals surface area contributed by atoms with Crippen LogP contribution in [-0.4, -0.2) is 42.9 Å². The van der Waals surface area contributed by atoms with Crippen LogP contribution in [0.5, 0.6) is 0 Å². The molecule has 0 atom stereocenters. The summed E-state index contributed by atoms with van der Waals surface area (Å²) in [7, 11) is 1.68. The summed E-state index contributed by atoms with van der Waals surface area (Å²) in [5, 5.41) is 9.19. The van der Waals surface area contributed by atoms with Crippen LogP contribution in [0, 0.1) is 12.8 Å². The molecule has 17 heavy (non-hydrogen) atoms. The Morgan fingerprint density at radius 1 is 1.65 bits per heavy atom. The van der Waals surface area contributed by atoms with Gasteiger partial charge in [0.2, 0.25) is 0 Å². The zero-order valence-electron chi connectivity index (χ0n) is 10.0. The molecule has 0 amide bonds. The summed E-state index contributed by atoms with van der Waals surface area (Å²) in [5.41, 5.74) is 1.06. The van der Waals surface area contributed by atoms with E-state index in [-0.39, 0.29) is 0 Å². The molecule has 1 fully saturated rings. The van der Waals surface area contributed by atoms with Crippen molar-refractivity contribution >= 4 is 11.8 Å². The smallest absolute Gasteiger partial charge is 0.339 e. The Hall–Kier alpha value is -1.62. The van der Waals surface area contributed by atoms with E-state index in [0.717, 1.165) is 18.7 Å². The molecule has 1 aliphatic rings. The molecule has 1 N–H and O–H groups in total. The van der Waals surface area contributed by atoms with Crippen molar-refractivity contribution < 1.29 is 14.6 Å². The Balaban J connectivity index is 2.17. The average molecular weight is 236 g/mol. The standard InChI is InChI=1S/C12H16N2O3/c1-8-3-4-13-11(10(8)12(15)16)14-5-9(6-14)7-17-2/h3-4,9H,5-7H2,1-2H3,(H,15,16). The highest BCUT2D eigenvalue weighted by atomic mass is 16.5. The first kappa shape index (κ1) is 11.9. The predicted octanol–water partition coefficient (Wildman–Crippen LogP) is 1.17. The quantitative estimate of drug-likeness (QED) is 0.850. The van der Waals surface area contributed by atoms with Crippen molar-refractivity contribution in [3.05, 3.63) is 23.4 Å². The number of carboxylic acids is 1. The van der Waals surface area contributed by atoms with Gasteiger partial charge in [0.15, 0.2) is 0 Å². The minimum Gasteiger partial charge on any atom is -0.478 e. The zero-order valence-corrected chi connectivity index (χ0v) is 10.0. The molecule has 1 aliphatic heterocycles. The van der Waals surface area contributed by atoms with Crippen molar-refractivity contribution in [2.45, 2.75) is 6.92 Å². The summed E-state index contributed by atoms with van der Waals surface area (Å²) < 4.78 is 5.07. The number of anilines is 1. The molecule has 0 bridgehead atoms. The molecule has 2 rings (SSSR count). The van der Waals surface area contributed by atoms with Gasteiger partial charge < -0.3 is 14.7 Å². The normalized spacial score (nSPS) is 15.8. The fraction of sp³-hybridized carbons (Fsp3) is 0.500. The first-order chi connectivity index (χ1) is 8.13. The van der Waals surface area contributed by atoms with E-state index in [1.807, 2.05) is 4.90 Å². The number of nitrogens with zero attached hydrogens (tertiary/aromatic N) is 2. The van der Waals surface area contributed by atoms with Crippen molar-refractivity contribution in [3.63, 3.8) is 0 Å². The summed E-state index contributed by atoms with van der Waals surface area (Å²) in [5.74, 6) is 0.134. The van der Waals surface area contributed by atoms with E-state index in [1.165, 1.54) is 0 Å². The minimum absolute atomic E-state index is 0.309. The molecule has 1 saturated heterocycles. The number of hydrogen-bond donors (Lipinski definition) is 1. The molecule has 5 nitrogen and oxygen atoms in total. The Morgan fingerprint density at radius 3 is 2.94 bits per heavy atom. The number of ether oxygens (including phenoxy) is 1. The third kappa shape index (κ3) is 2.24. The molecule has 2 heterocycles. The Labute approximate surface area is 100 Å². The highest BCUT2D eigenvalue weighted by molar-refractivity contribution is 5.95. The monoisotopic (exact) mass is 236 g/mol. The highest BCUT2D eigenvalue weighted by Gasteiger charge is 2.30. The third-order valence-electron chi connectivity index (χ3n) is 3.01. The van der Waals surface area contributed by atoms with Crippen LogP contribution in [0.1, 0.15) is 15.9 Å². The molecule has 1 aromatic heterocycles. The second-order valence-electron chi connectivity index (χ2n) is 4.36. The SMILES string of the molecule is COCC1CN(c2nccc(C)c2C(=O)O)C1. The van der Waals surface area contributed by atoms with Crippen LogP contribution >= 0.6 is 0 Å². The number of aryl methyl sites for hydroxylation is 1. The van der Waals surface area contributed by atoms with Gasteiger partial charge in [-0.1, -0.05) is 0 Å². The lowest BCUT2D eigenvalue weighted by Gasteiger charge is -2.40. The van der Waals surface area contributed by atoms with E-state index in [9.17, 15) is 9.90 Å². The number of pyridine rings is 1. The van der Waals surface area contributed by atoms with Crippen molar-refractivity contribution in [2.75, 3.05) is 31.7 Å². The fourth-order valence-electron chi connectivity index (χ4n) is 2.13.